The summed E-state index contributed by atoms with van der Waals surface area (Å²) in [4.78, 5) is 0. The Morgan fingerprint density at radius 2 is 1.79 bits per heavy atom. The van der Waals surface area contributed by atoms with Crippen molar-refractivity contribution in [2.24, 2.45) is 0 Å². The van der Waals surface area contributed by atoms with Gasteiger partial charge in [0, 0.05) is 11.1 Å². The van der Waals surface area contributed by atoms with Gasteiger partial charge in [-0.25, -0.2) is 0 Å². The van der Waals surface area contributed by atoms with E-state index in [2.05, 4.69) is 49.5 Å². The third kappa shape index (κ3) is 3.37. The van der Waals surface area contributed by atoms with Crippen LogP contribution in [0, 0.1) is 6.92 Å². The third-order valence-corrected chi connectivity index (χ3v) is 3.98. The molecule has 0 saturated carbocycles. The summed E-state index contributed by atoms with van der Waals surface area (Å²) >= 11 is 6.17. The van der Waals surface area contributed by atoms with Crippen molar-refractivity contribution >= 4 is 11.6 Å². The van der Waals surface area contributed by atoms with Crippen molar-refractivity contribution in [2.45, 2.75) is 26.3 Å². The van der Waals surface area contributed by atoms with Crippen LogP contribution < -0.4 is 5.32 Å². The fourth-order valence-electron chi connectivity index (χ4n) is 2.20. The normalized spacial score (nSPS) is 12.4. The van der Waals surface area contributed by atoms with Crippen LogP contribution >= 0.6 is 11.6 Å². The molecule has 0 bridgehead atoms. The van der Waals surface area contributed by atoms with Gasteiger partial charge in [0.2, 0.25) is 0 Å². The molecule has 1 N–H and O–H groups in total. The summed E-state index contributed by atoms with van der Waals surface area (Å²) < 4.78 is 0. The fraction of sp³-hybridized carbons (Fsp3) is 0.294. The Hall–Kier alpha value is -1.31. The number of hydrogen-bond acceptors (Lipinski definition) is 1. The molecular weight excluding hydrogens is 254 g/mol. The molecule has 0 saturated heterocycles. The second kappa shape index (κ2) is 6.23. The van der Waals surface area contributed by atoms with E-state index in [4.69, 9.17) is 11.6 Å². The van der Waals surface area contributed by atoms with Gasteiger partial charge in [-0.15, -0.1) is 0 Å². The molecule has 0 amide bonds. The molecule has 100 valence electrons. The van der Waals surface area contributed by atoms with Crippen molar-refractivity contribution < 1.29 is 0 Å². The highest BCUT2D eigenvalue weighted by molar-refractivity contribution is 6.31. The van der Waals surface area contributed by atoms with E-state index in [1.807, 2.05) is 19.2 Å². The molecule has 0 aliphatic carbocycles. The van der Waals surface area contributed by atoms with Crippen molar-refractivity contribution in [1.82, 2.24) is 5.32 Å². The minimum atomic E-state index is 0.499. The second-order valence-electron chi connectivity index (χ2n) is 5.00. The lowest BCUT2D eigenvalue weighted by Gasteiger charge is -2.11. The Bertz CT molecular complexity index is 546. The van der Waals surface area contributed by atoms with Crippen molar-refractivity contribution in [3.63, 3.8) is 0 Å². The van der Waals surface area contributed by atoms with Crippen molar-refractivity contribution in [2.75, 3.05) is 7.05 Å². The van der Waals surface area contributed by atoms with Gasteiger partial charge in [0.25, 0.3) is 0 Å². The summed E-state index contributed by atoms with van der Waals surface area (Å²) in [6, 6.07) is 15.3. The zero-order valence-electron chi connectivity index (χ0n) is 11.7. The number of halogens is 1. The summed E-state index contributed by atoms with van der Waals surface area (Å²) in [5.41, 5.74) is 4.92. The quantitative estimate of drug-likeness (QED) is 0.867. The number of benzene rings is 2. The van der Waals surface area contributed by atoms with Gasteiger partial charge in [-0.1, -0.05) is 48.0 Å². The Balaban J connectivity index is 2.25. The van der Waals surface area contributed by atoms with E-state index in [1.165, 1.54) is 16.7 Å². The lowest BCUT2D eigenvalue weighted by Crippen LogP contribution is -2.23. The third-order valence-electron chi connectivity index (χ3n) is 3.57. The highest BCUT2D eigenvalue weighted by Crippen LogP contribution is 2.28. The number of rotatable bonds is 4. The molecule has 0 heterocycles. The molecule has 0 fully saturated rings. The summed E-state index contributed by atoms with van der Waals surface area (Å²) in [5.74, 6) is 0. The predicted octanol–water partition coefficient (Wildman–Crippen LogP) is 4.47. The van der Waals surface area contributed by atoms with Gasteiger partial charge in [0.15, 0.2) is 0 Å². The summed E-state index contributed by atoms with van der Waals surface area (Å²) in [5, 5.41) is 4.08. The largest absolute Gasteiger partial charge is 0.317 e. The minimum absolute atomic E-state index is 0.499. The lowest BCUT2D eigenvalue weighted by atomic mass is 9.98. The van der Waals surface area contributed by atoms with E-state index in [1.54, 1.807) is 0 Å². The maximum atomic E-state index is 6.17. The van der Waals surface area contributed by atoms with Crippen molar-refractivity contribution in [1.29, 1.82) is 0 Å². The van der Waals surface area contributed by atoms with E-state index < -0.39 is 0 Å². The molecule has 19 heavy (non-hydrogen) atoms. The topological polar surface area (TPSA) is 12.0 Å². The Labute approximate surface area is 120 Å². The molecule has 0 aliphatic heterocycles. The van der Waals surface area contributed by atoms with Crippen LogP contribution in [0.4, 0.5) is 0 Å². The summed E-state index contributed by atoms with van der Waals surface area (Å²) in [6.07, 6.45) is 1.05. The molecule has 0 aliphatic rings. The van der Waals surface area contributed by atoms with Crippen LogP contribution in [0.15, 0.2) is 42.5 Å². The zero-order valence-corrected chi connectivity index (χ0v) is 12.5. The molecule has 2 aromatic carbocycles. The van der Waals surface area contributed by atoms with Gasteiger partial charge in [-0.3, -0.25) is 0 Å². The average Bonchev–Trinajstić information content (AvgIpc) is 2.43. The van der Waals surface area contributed by atoms with Crippen LogP contribution in [0.25, 0.3) is 11.1 Å². The molecule has 0 aromatic heterocycles. The molecular formula is C17H20ClN. The number of hydrogen-bond donors (Lipinski definition) is 1. The first kappa shape index (κ1) is 14.1. The number of nitrogens with one attached hydrogen (secondary N) is 1. The zero-order chi connectivity index (χ0) is 13.8. The standard InChI is InChI=1S/C17H20ClN/c1-12(19-3)11-14-7-9-15(10-8-14)16-5-4-6-17(18)13(16)2/h4-10,12,19H,11H2,1-3H3. The second-order valence-corrected chi connectivity index (χ2v) is 5.41. The van der Waals surface area contributed by atoms with Crippen LogP contribution in [0.3, 0.4) is 0 Å². The van der Waals surface area contributed by atoms with Gasteiger partial charge >= 0.3 is 0 Å². The van der Waals surface area contributed by atoms with Gasteiger partial charge < -0.3 is 5.32 Å². The minimum Gasteiger partial charge on any atom is -0.317 e. The molecule has 2 heteroatoms. The Morgan fingerprint density at radius 3 is 2.42 bits per heavy atom. The predicted molar refractivity (Wildman–Crippen MR) is 83.9 cm³/mol. The SMILES string of the molecule is CNC(C)Cc1ccc(-c2cccc(Cl)c2C)cc1. The average molecular weight is 274 g/mol. The van der Waals surface area contributed by atoms with Crippen LogP contribution in [-0.2, 0) is 6.42 Å². The van der Waals surface area contributed by atoms with Gasteiger partial charge in [-0.05, 0) is 55.6 Å². The fourth-order valence-corrected chi connectivity index (χ4v) is 2.37. The van der Waals surface area contributed by atoms with Crippen molar-refractivity contribution in [3.05, 3.63) is 58.6 Å². The summed E-state index contributed by atoms with van der Waals surface area (Å²) in [7, 11) is 1.99. The maximum absolute atomic E-state index is 6.17. The molecule has 1 unspecified atom stereocenters. The first-order valence-corrected chi connectivity index (χ1v) is 7.01. The van der Waals surface area contributed by atoms with E-state index >= 15 is 0 Å². The molecule has 1 atom stereocenters. The Morgan fingerprint density at radius 1 is 1.11 bits per heavy atom. The van der Waals surface area contributed by atoms with Gasteiger partial charge in [0.1, 0.15) is 0 Å². The van der Waals surface area contributed by atoms with E-state index in [0.29, 0.717) is 6.04 Å². The molecule has 2 rings (SSSR count). The maximum Gasteiger partial charge on any atom is 0.0441 e. The number of likely N-dealkylation sites (N-methyl/N-ethyl adjacent to an activating group) is 1. The van der Waals surface area contributed by atoms with E-state index in [-0.39, 0.29) is 0 Å². The van der Waals surface area contributed by atoms with Gasteiger partial charge in [0.05, 0.1) is 0 Å². The molecule has 1 nitrogen and oxygen atoms in total. The smallest absolute Gasteiger partial charge is 0.0441 e. The van der Waals surface area contributed by atoms with E-state index in [9.17, 15) is 0 Å². The molecule has 2 aromatic rings. The van der Waals surface area contributed by atoms with E-state index in [0.717, 1.165) is 17.0 Å². The highest BCUT2D eigenvalue weighted by atomic mass is 35.5. The van der Waals surface area contributed by atoms with Crippen LogP contribution in [-0.4, -0.2) is 13.1 Å². The lowest BCUT2D eigenvalue weighted by molar-refractivity contribution is 0.608. The molecule has 0 spiro atoms. The Kier molecular flexibility index (Phi) is 4.62. The van der Waals surface area contributed by atoms with Crippen LogP contribution in [0.2, 0.25) is 5.02 Å². The highest BCUT2D eigenvalue weighted by Gasteiger charge is 2.05. The summed E-state index contributed by atoms with van der Waals surface area (Å²) in [6.45, 7) is 4.25. The first-order valence-electron chi connectivity index (χ1n) is 6.63. The molecule has 0 radical (unpaired) electrons. The van der Waals surface area contributed by atoms with Crippen molar-refractivity contribution in [3.8, 4) is 11.1 Å². The monoisotopic (exact) mass is 273 g/mol. The van der Waals surface area contributed by atoms with Crippen LogP contribution in [0.5, 0.6) is 0 Å². The first-order chi connectivity index (χ1) is 9.11. The van der Waals surface area contributed by atoms with Crippen LogP contribution in [0.1, 0.15) is 18.1 Å². The van der Waals surface area contributed by atoms with Gasteiger partial charge in [-0.2, -0.15) is 0 Å².